The van der Waals surface area contributed by atoms with Crippen molar-refractivity contribution in [3.63, 3.8) is 0 Å². The van der Waals surface area contributed by atoms with Gasteiger partial charge in [-0.3, -0.25) is 4.72 Å². The van der Waals surface area contributed by atoms with Crippen molar-refractivity contribution in [2.75, 3.05) is 18.9 Å². The zero-order valence-electron chi connectivity index (χ0n) is 16.0. The molecule has 0 aliphatic heterocycles. The lowest BCUT2D eigenvalue weighted by Crippen LogP contribution is -2.19. The lowest BCUT2D eigenvalue weighted by molar-refractivity contribution is 0.0601. The molecule has 0 bridgehead atoms. The number of benzene rings is 1. The summed E-state index contributed by atoms with van der Waals surface area (Å²) < 4.78 is 39.3. The van der Waals surface area contributed by atoms with Crippen molar-refractivity contribution in [3.05, 3.63) is 40.6 Å². The van der Waals surface area contributed by atoms with E-state index in [1.54, 1.807) is 39.1 Å². The maximum Gasteiger partial charge on any atom is 0.340 e. The molecule has 148 valence electrons. The lowest BCUT2D eigenvalue weighted by atomic mass is 10.0. The van der Waals surface area contributed by atoms with E-state index in [1.165, 1.54) is 18.7 Å². The molecule has 3 aromatic rings. The number of fused-ring (bicyclic) bond motifs is 1. The number of sulfonamides is 1. The quantitative estimate of drug-likeness (QED) is 0.635. The van der Waals surface area contributed by atoms with E-state index in [1.807, 2.05) is 0 Å². The fourth-order valence-corrected chi connectivity index (χ4v) is 3.70. The number of carbonyl (C=O) groups excluding carboxylic acids is 1. The Labute approximate surface area is 161 Å². The molecule has 0 saturated carbocycles. The van der Waals surface area contributed by atoms with Gasteiger partial charge in [0.1, 0.15) is 0 Å². The number of hydrogen-bond acceptors (Lipinski definition) is 8. The van der Waals surface area contributed by atoms with Crippen LogP contribution in [0.15, 0.2) is 23.5 Å². The Morgan fingerprint density at radius 3 is 2.39 bits per heavy atom. The van der Waals surface area contributed by atoms with Gasteiger partial charge in [0.25, 0.3) is 21.0 Å². The molecule has 0 aliphatic carbocycles. The molecule has 1 N–H and O–H groups in total. The van der Waals surface area contributed by atoms with Crippen molar-refractivity contribution in [1.82, 2.24) is 19.6 Å². The molecule has 0 fully saturated rings. The predicted octanol–water partition coefficient (Wildman–Crippen LogP) is 1.65. The first-order valence-corrected chi connectivity index (χ1v) is 9.65. The minimum atomic E-state index is -4.19. The number of carbonyl (C=O) groups is 1. The Bertz CT molecular complexity index is 1190. The zero-order chi connectivity index (χ0) is 20.6. The number of nitrogens with zero attached hydrogens (tertiary/aromatic N) is 4. The van der Waals surface area contributed by atoms with Crippen LogP contribution in [0.4, 0.5) is 5.69 Å². The zero-order valence-corrected chi connectivity index (χ0v) is 16.8. The van der Waals surface area contributed by atoms with Gasteiger partial charge in [-0.2, -0.15) is 18.4 Å². The molecule has 0 atom stereocenters. The van der Waals surface area contributed by atoms with E-state index in [2.05, 4.69) is 19.8 Å². The van der Waals surface area contributed by atoms with Crippen LogP contribution in [0.3, 0.4) is 0 Å². The van der Waals surface area contributed by atoms with Crippen LogP contribution in [0.1, 0.15) is 27.0 Å². The molecule has 28 heavy (non-hydrogen) atoms. The van der Waals surface area contributed by atoms with Gasteiger partial charge in [-0.1, -0.05) is 12.1 Å². The third-order valence-corrected chi connectivity index (χ3v) is 5.26. The molecule has 2 heterocycles. The third kappa shape index (κ3) is 3.36. The second kappa shape index (κ2) is 7.08. The molecule has 11 heteroatoms. The summed E-state index contributed by atoms with van der Waals surface area (Å²) in [5, 5.41) is 3.50. The van der Waals surface area contributed by atoms with Gasteiger partial charge >= 0.3 is 5.97 Å². The van der Waals surface area contributed by atoms with Crippen molar-refractivity contribution in [3.8, 4) is 5.88 Å². The molecule has 10 nitrogen and oxygen atoms in total. The monoisotopic (exact) mass is 405 g/mol. The topological polar surface area (TPSA) is 125 Å². The Kier molecular flexibility index (Phi) is 4.94. The van der Waals surface area contributed by atoms with E-state index in [0.717, 1.165) is 0 Å². The number of methoxy groups -OCH3 is 2. The molecule has 0 unspecified atom stereocenters. The van der Waals surface area contributed by atoms with Crippen molar-refractivity contribution < 1.29 is 22.7 Å². The standard InChI is InChI=1S/C17H19N5O5S/c1-9-6-7-10(2)13(12(9)15(23)27-5)21-28(24,25)17-19-16-18-14(26-4)11(3)8-22(16)20-17/h6-8,21H,1-5H3. The Balaban J connectivity index is 2.09. The van der Waals surface area contributed by atoms with Crippen LogP contribution in [0.2, 0.25) is 0 Å². The summed E-state index contributed by atoms with van der Waals surface area (Å²) in [6.45, 7) is 5.11. The average Bonchev–Trinajstić information content (AvgIpc) is 3.07. The van der Waals surface area contributed by atoms with Crippen molar-refractivity contribution in [1.29, 1.82) is 0 Å². The molecule has 0 aliphatic rings. The number of rotatable bonds is 5. The number of ether oxygens (including phenoxy) is 2. The van der Waals surface area contributed by atoms with Gasteiger partial charge in [0, 0.05) is 11.8 Å². The number of aromatic nitrogens is 4. The Morgan fingerprint density at radius 2 is 1.75 bits per heavy atom. The number of hydrogen-bond donors (Lipinski definition) is 1. The van der Waals surface area contributed by atoms with E-state index in [4.69, 9.17) is 9.47 Å². The van der Waals surface area contributed by atoms with Crippen LogP contribution >= 0.6 is 0 Å². The highest BCUT2D eigenvalue weighted by Crippen LogP contribution is 2.27. The van der Waals surface area contributed by atoms with Crippen LogP contribution in [0, 0.1) is 20.8 Å². The lowest BCUT2D eigenvalue weighted by Gasteiger charge is -2.14. The molecule has 0 spiro atoms. The fraction of sp³-hybridized carbons (Fsp3) is 0.294. The number of anilines is 1. The first-order chi connectivity index (χ1) is 13.2. The highest BCUT2D eigenvalue weighted by atomic mass is 32.2. The summed E-state index contributed by atoms with van der Waals surface area (Å²) in [4.78, 5) is 20.3. The van der Waals surface area contributed by atoms with Crippen molar-refractivity contribution >= 4 is 27.5 Å². The van der Waals surface area contributed by atoms with Gasteiger partial charge in [-0.05, 0) is 31.9 Å². The first kappa shape index (κ1) is 19.5. The molecule has 0 saturated heterocycles. The summed E-state index contributed by atoms with van der Waals surface area (Å²) in [5.74, 6) is -0.264. The minimum Gasteiger partial charge on any atom is -0.481 e. The number of esters is 1. The van der Waals surface area contributed by atoms with Gasteiger partial charge < -0.3 is 9.47 Å². The largest absolute Gasteiger partial charge is 0.481 e. The molecule has 1 aromatic carbocycles. The summed E-state index contributed by atoms with van der Waals surface area (Å²) in [6, 6.07) is 3.41. The fourth-order valence-electron chi connectivity index (χ4n) is 2.68. The van der Waals surface area contributed by atoms with Crippen LogP contribution in [-0.2, 0) is 14.8 Å². The Hall–Kier alpha value is -3.21. The SMILES string of the molecule is COC(=O)c1c(C)ccc(C)c1NS(=O)(=O)c1nc2nc(OC)c(C)cn2n1. The third-order valence-electron chi connectivity index (χ3n) is 4.13. The summed E-state index contributed by atoms with van der Waals surface area (Å²) in [7, 11) is -1.51. The molecular weight excluding hydrogens is 386 g/mol. The molecular formula is C17H19N5O5S. The maximum atomic E-state index is 12.9. The second-order valence-corrected chi connectivity index (χ2v) is 7.69. The molecule has 0 amide bonds. The van der Waals surface area contributed by atoms with Crippen LogP contribution in [0.5, 0.6) is 5.88 Å². The minimum absolute atomic E-state index is 0.0666. The van der Waals surface area contributed by atoms with E-state index in [-0.39, 0.29) is 17.0 Å². The summed E-state index contributed by atoms with van der Waals surface area (Å²) >= 11 is 0. The van der Waals surface area contributed by atoms with Crippen LogP contribution < -0.4 is 9.46 Å². The molecule has 0 radical (unpaired) electrons. The summed E-state index contributed by atoms with van der Waals surface area (Å²) in [5.41, 5.74) is 2.03. The number of aryl methyl sites for hydroxylation is 3. The van der Waals surface area contributed by atoms with Gasteiger partial charge in [0.2, 0.25) is 5.88 Å². The molecule has 2 aromatic heterocycles. The first-order valence-electron chi connectivity index (χ1n) is 8.17. The number of nitrogens with one attached hydrogen (secondary N) is 1. The summed E-state index contributed by atoms with van der Waals surface area (Å²) in [6.07, 6.45) is 1.56. The highest BCUT2D eigenvalue weighted by molar-refractivity contribution is 7.92. The van der Waals surface area contributed by atoms with Gasteiger partial charge in [-0.15, -0.1) is 5.10 Å². The predicted molar refractivity (Wildman–Crippen MR) is 100 cm³/mol. The van der Waals surface area contributed by atoms with Crippen molar-refractivity contribution in [2.24, 2.45) is 0 Å². The Morgan fingerprint density at radius 1 is 1.07 bits per heavy atom. The van der Waals surface area contributed by atoms with Gasteiger partial charge in [0.05, 0.1) is 25.5 Å². The van der Waals surface area contributed by atoms with E-state index < -0.39 is 21.1 Å². The van der Waals surface area contributed by atoms with Crippen molar-refractivity contribution in [2.45, 2.75) is 25.9 Å². The maximum absolute atomic E-state index is 12.9. The smallest absolute Gasteiger partial charge is 0.340 e. The molecule has 3 rings (SSSR count). The van der Waals surface area contributed by atoms with Gasteiger partial charge in [-0.25, -0.2) is 9.31 Å². The van der Waals surface area contributed by atoms with Gasteiger partial charge in [0.15, 0.2) is 0 Å². The highest BCUT2D eigenvalue weighted by Gasteiger charge is 2.26. The average molecular weight is 405 g/mol. The van der Waals surface area contributed by atoms with E-state index >= 15 is 0 Å². The second-order valence-electron chi connectivity index (χ2n) is 6.12. The van der Waals surface area contributed by atoms with Crippen LogP contribution in [0.25, 0.3) is 5.78 Å². The van der Waals surface area contributed by atoms with Crippen LogP contribution in [-0.4, -0.2) is 48.2 Å². The van der Waals surface area contributed by atoms with E-state index in [0.29, 0.717) is 22.6 Å². The van der Waals surface area contributed by atoms with E-state index in [9.17, 15) is 13.2 Å². The normalized spacial score (nSPS) is 11.5.